The number of benzene rings is 2. The Bertz CT molecular complexity index is 1300. The van der Waals surface area contributed by atoms with Crippen LogP contribution >= 0.6 is 11.8 Å². The Morgan fingerprint density at radius 2 is 1.97 bits per heavy atom. The lowest BCUT2D eigenvalue weighted by Gasteiger charge is -2.11. The van der Waals surface area contributed by atoms with E-state index in [0.29, 0.717) is 39.5 Å². The van der Waals surface area contributed by atoms with E-state index >= 15 is 0 Å². The van der Waals surface area contributed by atoms with E-state index in [0.717, 1.165) is 0 Å². The molecule has 0 aliphatic rings. The summed E-state index contributed by atoms with van der Waals surface area (Å²) in [5.41, 5.74) is 1.25. The number of methoxy groups -OCH3 is 1. The highest BCUT2D eigenvalue weighted by atomic mass is 32.2. The van der Waals surface area contributed by atoms with Gasteiger partial charge in [-0.1, -0.05) is 29.1 Å². The number of thioether (sulfide) groups is 1. The van der Waals surface area contributed by atoms with Crippen molar-refractivity contribution in [3.8, 4) is 5.75 Å². The van der Waals surface area contributed by atoms with Crippen molar-refractivity contribution in [3.05, 3.63) is 54.2 Å². The van der Waals surface area contributed by atoms with Gasteiger partial charge in [0.15, 0.2) is 11.4 Å². The summed E-state index contributed by atoms with van der Waals surface area (Å²) >= 11 is 1.30. The van der Waals surface area contributed by atoms with Gasteiger partial charge in [0, 0.05) is 0 Å². The summed E-state index contributed by atoms with van der Waals surface area (Å²) in [6.07, 6.45) is 0. The van der Waals surface area contributed by atoms with E-state index in [1.54, 1.807) is 37.3 Å². The summed E-state index contributed by atoms with van der Waals surface area (Å²) in [5, 5.41) is 3.98. The minimum atomic E-state index is -3.84. The van der Waals surface area contributed by atoms with Gasteiger partial charge in [-0.2, -0.15) is 4.98 Å². The molecule has 2 aromatic heterocycles. The zero-order valence-electron chi connectivity index (χ0n) is 16.3. The molecule has 4 aromatic rings. The van der Waals surface area contributed by atoms with Gasteiger partial charge < -0.3 is 13.7 Å². The Balaban J connectivity index is 1.58. The molecular weight excluding hydrogens is 428 g/mol. The third kappa shape index (κ3) is 4.12. The van der Waals surface area contributed by atoms with E-state index < -0.39 is 10.0 Å². The van der Waals surface area contributed by atoms with Gasteiger partial charge in [0.2, 0.25) is 5.89 Å². The number of nitrogens with zero attached hydrogens (tertiary/aromatic N) is 3. The number of aromatic nitrogens is 3. The van der Waals surface area contributed by atoms with Crippen molar-refractivity contribution < 1.29 is 22.1 Å². The number of hydrogen-bond acceptors (Lipinski definition) is 9. The first-order valence-corrected chi connectivity index (χ1v) is 11.3. The van der Waals surface area contributed by atoms with Crippen LogP contribution in [0.4, 0.5) is 5.69 Å². The van der Waals surface area contributed by atoms with E-state index in [4.69, 9.17) is 13.7 Å². The van der Waals surface area contributed by atoms with Crippen molar-refractivity contribution in [3.63, 3.8) is 0 Å². The Morgan fingerprint density at radius 3 is 2.70 bits per heavy atom. The fourth-order valence-corrected chi connectivity index (χ4v) is 4.59. The molecule has 4 rings (SSSR count). The number of aryl methyl sites for hydroxylation is 1. The van der Waals surface area contributed by atoms with Gasteiger partial charge >= 0.3 is 0 Å². The van der Waals surface area contributed by atoms with Crippen molar-refractivity contribution in [1.29, 1.82) is 0 Å². The summed E-state index contributed by atoms with van der Waals surface area (Å²) in [5.74, 6) is 1.43. The van der Waals surface area contributed by atoms with Gasteiger partial charge in [-0.15, -0.1) is 0 Å². The van der Waals surface area contributed by atoms with Gasteiger partial charge in [-0.05, 0) is 44.2 Å². The second-order valence-corrected chi connectivity index (χ2v) is 9.33. The summed E-state index contributed by atoms with van der Waals surface area (Å²) in [4.78, 5) is 8.65. The lowest BCUT2D eigenvalue weighted by molar-refractivity contribution is 0.375. The van der Waals surface area contributed by atoms with E-state index in [2.05, 4.69) is 19.8 Å². The predicted molar refractivity (Wildman–Crippen MR) is 111 cm³/mol. The fraction of sp³-hybridized carbons (Fsp3) is 0.211. The van der Waals surface area contributed by atoms with Crippen LogP contribution < -0.4 is 9.46 Å². The lowest BCUT2D eigenvalue weighted by atomic mass is 10.3. The van der Waals surface area contributed by atoms with Crippen molar-refractivity contribution in [2.24, 2.45) is 0 Å². The van der Waals surface area contributed by atoms with Crippen LogP contribution in [0.25, 0.3) is 11.1 Å². The standard InChI is InChI=1S/C19H18N4O5S2/c1-11(18-20-12(2)22-28-18)29-19-21-15-10-13(8-9-17(15)27-19)30(24,25)23-14-6-4-5-7-16(14)26-3/h4-11,23H,1-3H3. The van der Waals surface area contributed by atoms with Gasteiger partial charge in [0.25, 0.3) is 15.2 Å². The maximum absolute atomic E-state index is 12.8. The molecule has 1 atom stereocenters. The number of rotatable bonds is 7. The van der Waals surface area contributed by atoms with Gasteiger partial charge in [0.1, 0.15) is 11.3 Å². The molecule has 9 nitrogen and oxygen atoms in total. The van der Waals surface area contributed by atoms with Crippen molar-refractivity contribution in [1.82, 2.24) is 15.1 Å². The van der Waals surface area contributed by atoms with Crippen LogP contribution in [0.15, 0.2) is 61.5 Å². The highest BCUT2D eigenvalue weighted by molar-refractivity contribution is 7.99. The normalized spacial score (nSPS) is 12.8. The molecule has 2 aromatic carbocycles. The number of anilines is 1. The molecule has 0 radical (unpaired) electrons. The quantitative estimate of drug-likeness (QED) is 0.417. The third-order valence-corrected chi connectivity index (χ3v) is 6.46. The first-order chi connectivity index (χ1) is 14.4. The number of nitrogens with one attached hydrogen (secondary N) is 1. The van der Waals surface area contributed by atoms with Crippen LogP contribution in [0.2, 0.25) is 0 Å². The predicted octanol–water partition coefficient (Wildman–Crippen LogP) is 4.18. The molecule has 0 spiro atoms. The number of ether oxygens (including phenoxy) is 1. The number of hydrogen-bond donors (Lipinski definition) is 1. The van der Waals surface area contributed by atoms with Crippen LogP contribution in [-0.2, 0) is 10.0 Å². The molecule has 0 fully saturated rings. The summed E-state index contributed by atoms with van der Waals surface area (Å²) in [6, 6.07) is 11.3. The zero-order chi connectivity index (χ0) is 21.3. The van der Waals surface area contributed by atoms with Crippen LogP contribution in [0.1, 0.15) is 23.9 Å². The number of para-hydroxylation sites is 2. The molecule has 2 heterocycles. The molecule has 0 aliphatic carbocycles. The van der Waals surface area contributed by atoms with Crippen molar-refractivity contribution in [2.45, 2.75) is 29.2 Å². The molecule has 156 valence electrons. The zero-order valence-corrected chi connectivity index (χ0v) is 18.0. The Kier molecular flexibility index (Phi) is 5.39. The summed E-state index contributed by atoms with van der Waals surface area (Å²) in [6.45, 7) is 3.63. The topological polar surface area (TPSA) is 120 Å². The van der Waals surface area contributed by atoms with Crippen LogP contribution in [0.5, 0.6) is 5.75 Å². The molecule has 1 N–H and O–H groups in total. The van der Waals surface area contributed by atoms with Gasteiger partial charge in [0.05, 0.1) is 22.9 Å². The lowest BCUT2D eigenvalue weighted by Crippen LogP contribution is -2.13. The molecule has 0 amide bonds. The maximum Gasteiger partial charge on any atom is 0.262 e. The SMILES string of the molecule is COc1ccccc1NS(=O)(=O)c1ccc2oc(SC(C)c3nc(C)no3)nc2c1. The third-order valence-electron chi connectivity index (χ3n) is 4.17. The number of sulfonamides is 1. The molecule has 0 aliphatic heterocycles. The summed E-state index contributed by atoms with van der Waals surface area (Å²) < 4.78 is 44.3. The van der Waals surface area contributed by atoms with Gasteiger partial charge in [-0.3, -0.25) is 4.72 Å². The second-order valence-electron chi connectivity index (χ2n) is 6.35. The minimum absolute atomic E-state index is 0.0614. The smallest absolute Gasteiger partial charge is 0.262 e. The fourth-order valence-electron chi connectivity index (χ4n) is 2.72. The van der Waals surface area contributed by atoms with E-state index in [1.807, 2.05) is 6.92 Å². The Hall–Kier alpha value is -3.05. The van der Waals surface area contributed by atoms with Crippen molar-refractivity contribution >= 4 is 38.6 Å². The molecule has 30 heavy (non-hydrogen) atoms. The van der Waals surface area contributed by atoms with E-state index in [1.165, 1.54) is 31.0 Å². The Morgan fingerprint density at radius 1 is 1.17 bits per heavy atom. The van der Waals surface area contributed by atoms with Crippen LogP contribution in [0, 0.1) is 6.92 Å². The van der Waals surface area contributed by atoms with Crippen LogP contribution in [-0.4, -0.2) is 30.7 Å². The average Bonchev–Trinajstić information content (AvgIpc) is 3.33. The highest BCUT2D eigenvalue weighted by Crippen LogP contribution is 2.35. The molecule has 0 saturated carbocycles. The molecule has 0 saturated heterocycles. The van der Waals surface area contributed by atoms with Crippen molar-refractivity contribution in [2.75, 3.05) is 11.8 Å². The Labute approximate surface area is 176 Å². The largest absolute Gasteiger partial charge is 0.495 e. The monoisotopic (exact) mass is 446 g/mol. The number of fused-ring (bicyclic) bond motifs is 1. The second kappa shape index (κ2) is 8.00. The first kappa shape index (κ1) is 20.2. The maximum atomic E-state index is 12.8. The highest BCUT2D eigenvalue weighted by Gasteiger charge is 2.21. The molecular formula is C19H18N4O5S2. The minimum Gasteiger partial charge on any atom is -0.495 e. The van der Waals surface area contributed by atoms with Gasteiger partial charge in [-0.25, -0.2) is 13.4 Å². The first-order valence-electron chi connectivity index (χ1n) is 8.89. The van der Waals surface area contributed by atoms with E-state index in [9.17, 15) is 8.42 Å². The molecule has 0 bridgehead atoms. The average molecular weight is 447 g/mol. The molecule has 11 heteroatoms. The number of oxazole rings is 1. The summed E-state index contributed by atoms with van der Waals surface area (Å²) in [7, 11) is -2.37. The van der Waals surface area contributed by atoms with Crippen LogP contribution in [0.3, 0.4) is 0 Å². The molecule has 1 unspecified atom stereocenters. The van der Waals surface area contributed by atoms with E-state index in [-0.39, 0.29) is 10.1 Å².